The van der Waals surface area contributed by atoms with Crippen LogP contribution in [0.4, 0.5) is 8.78 Å². The van der Waals surface area contributed by atoms with Crippen LogP contribution in [0.1, 0.15) is 52.2 Å². The number of carbonyl (C=O) groups excluding carboxylic acids is 2. The standard InChI is InChI=1S/C27H27F2NO5/c1-17(2)14-30-15-21(23(31)12-10-19-9-11-20(28)13-22(19)29)25(32)26(24(30)27(33)34-3)35-16-18-7-5-4-6-8-18/h4-9,11,13,15,17H,10,12,14,16H2,1-3H3. The average Bonchev–Trinajstić information content (AvgIpc) is 2.83. The predicted octanol–water partition coefficient (Wildman–Crippen LogP) is 4.96. The van der Waals surface area contributed by atoms with E-state index in [1.165, 1.54) is 23.9 Å². The summed E-state index contributed by atoms with van der Waals surface area (Å²) in [5.74, 6) is -2.99. The summed E-state index contributed by atoms with van der Waals surface area (Å²) in [6.07, 6.45) is 1.12. The molecule has 2 aromatic carbocycles. The topological polar surface area (TPSA) is 74.6 Å². The fraction of sp³-hybridized carbons (Fsp3) is 0.296. The molecule has 0 unspecified atom stereocenters. The van der Waals surface area contributed by atoms with Crippen molar-refractivity contribution in [2.45, 2.75) is 39.8 Å². The summed E-state index contributed by atoms with van der Waals surface area (Å²) < 4.78 is 39.4. The number of aromatic nitrogens is 1. The highest BCUT2D eigenvalue weighted by atomic mass is 19.1. The van der Waals surface area contributed by atoms with Crippen molar-refractivity contribution in [1.29, 1.82) is 0 Å². The summed E-state index contributed by atoms with van der Waals surface area (Å²) in [7, 11) is 1.20. The van der Waals surface area contributed by atoms with Crippen molar-refractivity contribution in [3.63, 3.8) is 0 Å². The van der Waals surface area contributed by atoms with Crippen LogP contribution < -0.4 is 10.2 Å². The number of benzene rings is 2. The number of ether oxygens (including phenoxy) is 2. The normalized spacial score (nSPS) is 10.9. The number of Topliss-reactive ketones (excluding diaryl/α,β-unsaturated/α-hetero) is 1. The first-order valence-corrected chi connectivity index (χ1v) is 11.2. The van der Waals surface area contributed by atoms with Crippen LogP contribution in [0.2, 0.25) is 0 Å². The van der Waals surface area contributed by atoms with Crippen LogP contribution >= 0.6 is 0 Å². The summed E-state index contributed by atoms with van der Waals surface area (Å²) in [6, 6.07) is 12.2. The summed E-state index contributed by atoms with van der Waals surface area (Å²) in [5, 5.41) is 0. The third-order valence-corrected chi connectivity index (χ3v) is 5.34. The number of methoxy groups -OCH3 is 1. The smallest absolute Gasteiger partial charge is 0.358 e. The molecule has 0 bridgehead atoms. The second kappa shape index (κ2) is 11.6. The van der Waals surface area contributed by atoms with Crippen molar-refractivity contribution in [3.05, 3.63) is 99.0 Å². The van der Waals surface area contributed by atoms with Crippen molar-refractivity contribution in [2.75, 3.05) is 7.11 Å². The van der Waals surface area contributed by atoms with Crippen LogP contribution in [0.15, 0.2) is 59.5 Å². The Labute approximate surface area is 202 Å². The number of pyridine rings is 1. The molecule has 1 heterocycles. The molecule has 0 atom stereocenters. The summed E-state index contributed by atoms with van der Waals surface area (Å²) >= 11 is 0. The van der Waals surface area contributed by atoms with Crippen LogP contribution in [0, 0.1) is 17.6 Å². The molecular formula is C27H27F2NO5. The average molecular weight is 484 g/mol. The number of esters is 1. The number of hydrogen-bond donors (Lipinski definition) is 0. The molecule has 1 aromatic heterocycles. The van der Waals surface area contributed by atoms with Crippen molar-refractivity contribution in [3.8, 4) is 5.75 Å². The quantitative estimate of drug-likeness (QED) is 0.301. The molecule has 0 N–H and O–H groups in total. The minimum Gasteiger partial charge on any atom is -0.482 e. The van der Waals surface area contributed by atoms with Crippen molar-refractivity contribution >= 4 is 11.8 Å². The highest BCUT2D eigenvalue weighted by molar-refractivity contribution is 5.98. The molecule has 0 saturated carbocycles. The van der Waals surface area contributed by atoms with Gasteiger partial charge >= 0.3 is 5.97 Å². The van der Waals surface area contributed by atoms with Crippen molar-refractivity contribution in [1.82, 2.24) is 4.57 Å². The van der Waals surface area contributed by atoms with E-state index in [1.54, 1.807) is 12.1 Å². The molecule has 0 aliphatic heterocycles. The summed E-state index contributed by atoms with van der Waals surface area (Å²) in [6.45, 7) is 4.16. The molecule has 0 aliphatic carbocycles. The lowest BCUT2D eigenvalue weighted by Gasteiger charge is -2.19. The maximum atomic E-state index is 14.0. The van der Waals surface area contributed by atoms with Gasteiger partial charge in [-0.2, -0.15) is 0 Å². The fourth-order valence-electron chi connectivity index (χ4n) is 3.65. The molecule has 3 aromatic rings. The molecular weight excluding hydrogens is 456 g/mol. The van der Waals surface area contributed by atoms with Gasteiger partial charge in [0.1, 0.15) is 18.2 Å². The van der Waals surface area contributed by atoms with Crippen LogP contribution in [0.5, 0.6) is 5.75 Å². The van der Waals surface area contributed by atoms with E-state index in [-0.39, 0.29) is 47.9 Å². The Hall–Kier alpha value is -3.81. The monoisotopic (exact) mass is 483 g/mol. The molecule has 35 heavy (non-hydrogen) atoms. The van der Waals surface area contributed by atoms with Gasteiger partial charge in [0, 0.05) is 25.2 Å². The molecule has 0 radical (unpaired) electrons. The fourth-order valence-corrected chi connectivity index (χ4v) is 3.65. The first-order valence-electron chi connectivity index (χ1n) is 11.2. The lowest BCUT2D eigenvalue weighted by molar-refractivity contribution is 0.0578. The second-order valence-corrected chi connectivity index (χ2v) is 8.52. The first-order chi connectivity index (χ1) is 16.7. The number of rotatable bonds is 10. The SMILES string of the molecule is COC(=O)c1c(OCc2ccccc2)c(=O)c(C(=O)CCc2ccc(F)cc2F)cn1CC(C)C. The number of halogens is 2. The number of nitrogens with zero attached hydrogens (tertiary/aromatic N) is 1. The molecule has 8 heteroatoms. The summed E-state index contributed by atoms with van der Waals surface area (Å²) in [5.41, 5.74) is -0.0753. The number of ketones is 1. The predicted molar refractivity (Wildman–Crippen MR) is 127 cm³/mol. The Bertz CT molecular complexity index is 1270. The van der Waals surface area contributed by atoms with Gasteiger partial charge in [0.05, 0.1) is 12.7 Å². The Morgan fingerprint density at radius 1 is 1.06 bits per heavy atom. The van der Waals surface area contributed by atoms with E-state index in [4.69, 9.17) is 9.47 Å². The van der Waals surface area contributed by atoms with E-state index in [1.807, 2.05) is 32.0 Å². The van der Waals surface area contributed by atoms with Crippen LogP contribution in [-0.4, -0.2) is 23.4 Å². The van der Waals surface area contributed by atoms with E-state index in [0.717, 1.165) is 17.7 Å². The largest absolute Gasteiger partial charge is 0.482 e. The molecule has 184 valence electrons. The lowest BCUT2D eigenvalue weighted by atomic mass is 10.0. The zero-order valence-corrected chi connectivity index (χ0v) is 19.8. The van der Waals surface area contributed by atoms with Crippen molar-refractivity contribution < 1.29 is 27.8 Å². The van der Waals surface area contributed by atoms with Gasteiger partial charge in [-0.05, 0) is 29.5 Å². The molecule has 3 rings (SSSR count). The van der Waals surface area contributed by atoms with Crippen LogP contribution in [0.3, 0.4) is 0 Å². The second-order valence-electron chi connectivity index (χ2n) is 8.52. The molecule has 0 amide bonds. The minimum absolute atomic E-state index is 0.000186. The summed E-state index contributed by atoms with van der Waals surface area (Å²) in [4.78, 5) is 39.0. The number of hydrogen-bond acceptors (Lipinski definition) is 5. The van der Waals surface area contributed by atoms with Crippen LogP contribution in [0.25, 0.3) is 0 Å². The molecule has 0 aliphatic rings. The van der Waals surface area contributed by atoms with Crippen LogP contribution in [-0.2, 0) is 24.3 Å². The van der Waals surface area contributed by atoms with E-state index < -0.39 is 28.8 Å². The Balaban J connectivity index is 2.01. The highest BCUT2D eigenvalue weighted by Gasteiger charge is 2.26. The first kappa shape index (κ1) is 25.8. The lowest BCUT2D eigenvalue weighted by Crippen LogP contribution is -2.27. The Morgan fingerprint density at radius 3 is 2.40 bits per heavy atom. The van der Waals surface area contributed by atoms with Crippen molar-refractivity contribution in [2.24, 2.45) is 5.92 Å². The Morgan fingerprint density at radius 2 is 1.77 bits per heavy atom. The van der Waals surface area contributed by atoms with E-state index >= 15 is 0 Å². The van der Waals surface area contributed by atoms with Gasteiger partial charge in [-0.3, -0.25) is 9.59 Å². The number of aryl methyl sites for hydroxylation is 1. The van der Waals surface area contributed by atoms with Gasteiger partial charge in [0.2, 0.25) is 5.43 Å². The van der Waals surface area contributed by atoms with Gasteiger partial charge in [-0.25, -0.2) is 13.6 Å². The number of carbonyl (C=O) groups is 2. The highest BCUT2D eigenvalue weighted by Crippen LogP contribution is 2.21. The third kappa shape index (κ3) is 6.41. The van der Waals surface area contributed by atoms with E-state index in [0.29, 0.717) is 6.54 Å². The van der Waals surface area contributed by atoms with Gasteiger partial charge < -0.3 is 14.0 Å². The minimum atomic E-state index is -0.766. The van der Waals surface area contributed by atoms with Gasteiger partial charge in [-0.15, -0.1) is 0 Å². The molecule has 0 fully saturated rings. The zero-order chi connectivity index (χ0) is 25.5. The van der Waals surface area contributed by atoms with E-state index in [2.05, 4.69) is 0 Å². The maximum Gasteiger partial charge on any atom is 0.358 e. The van der Waals surface area contributed by atoms with Gasteiger partial charge in [0.15, 0.2) is 17.2 Å². The maximum absolute atomic E-state index is 14.0. The third-order valence-electron chi connectivity index (χ3n) is 5.34. The molecule has 0 spiro atoms. The zero-order valence-electron chi connectivity index (χ0n) is 19.8. The van der Waals surface area contributed by atoms with E-state index in [9.17, 15) is 23.2 Å². The van der Waals surface area contributed by atoms with Gasteiger partial charge in [0.25, 0.3) is 0 Å². The molecule has 0 saturated heterocycles. The Kier molecular flexibility index (Phi) is 8.52. The molecule has 6 nitrogen and oxygen atoms in total. The van der Waals surface area contributed by atoms with Gasteiger partial charge in [-0.1, -0.05) is 50.2 Å².